The van der Waals surface area contributed by atoms with Gasteiger partial charge in [-0.2, -0.15) is 0 Å². The van der Waals surface area contributed by atoms with Gasteiger partial charge in [-0.1, -0.05) is 26.0 Å². The first-order valence-electron chi connectivity index (χ1n) is 12.7. The Morgan fingerprint density at radius 3 is 2.43 bits per heavy atom. The lowest BCUT2D eigenvalue weighted by atomic mass is 9.70. The zero-order chi connectivity index (χ0) is 24.5. The summed E-state index contributed by atoms with van der Waals surface area (Å²) in [7, 11) is -3.53. The molecule has 0 spiro atoms. The van der Waals surface area contributed by atoms with Gasteiger partial charge in [0.25, 0.3) is 0 Å². The van der Waals surface area contributed by atoms with Crippen LogP contribution in [-0.2, 0) is 26.0 Å². The number of phenols is 1. The second-order valence-corrected chi connectivity index (χ2v) is 13.5. The van der Waals surface area contributed by atoms with Gasteiger partial charge in [-0.25, -0.2) is 12.7 Å². The number of ketones is 1. The minimum Gasteiger partial charge on any atom is -0.507 e. The maximum atomic E-state index is 13.5. The Kier molecular flexibility index (Phi) is 7.12. The van der Waals surface area contributed by atoms with Gasteiger partial charge in [-0.15, -0.1) is 12.4 Å². The fraction of sp³-hybridized carbons (Fsp3) is 0.731. The van der Waals surface area contributed by atoms with E-state index >= 15 is 0 Å². The minimum absolute atomic E-state index is 0. The van der Waals surface area contributed by atoms with Crippen molar-refractivity contribution in [1.82, 2.24) is 4.31 Å². The van der Waals surface area contributed by atoms with Crippen molar-refractivity contribution in [2.24, 2.45) is 28.4 Å². The van der Waals surface area contributed by atoms with Gasteiger partial charge in [0.2, 0.25) is 10.0 Å². The average molecular weight is 527 g/mol. The molecule has 0 amide bonds. The number of benzene rings is 1. The number of aromatic hydroxyl groups is 1. The molecule has 1 unspecified atom stereocenters. The fourth-order valence-corrected chi connectivity index (χ4v) is 9.57. The molecule has 2 saturated carbocycles. The molecule has 3 N–H and O–H groups in total. The van der Waals surface area contributed by atoms with Crippen LogP contribution in [0.25, 0.3) is 0 Å². The number of carbonyl (C=O) groups is 1. The van der Waals surface area contributed by atoms with Crippen molar-refractivity contribution in [2.75, 3.05) is 25.4 Å². The molecule has 2 aliphatic carbocycles. The van der Waals surface area contributed by atoms with Crippen LogP contribution in [0.1, 0.15) is 68.7 Å². The summed E-state index contributed by atoms with van der Waals surface area (Å²) in [6.07, 6.45) is 3.84. The number of hydrogen-bond donors (Lipinski definition) is 2. The number of halogens is 1. The van der Waals surface area contributed by atoms with Crippen LogP contribution in [0.15, 0.2) is 12.1 Å². The van der Waals surface area contributed by atoms with Crippen molar-refractivity contribution in [1.29, 1.82) is 0 Å². The van der Waals surface area contributed by atoms with Crippen LogP contribution in [0, 0.1) is 29.6 Å². The van der Waals surface area contributed by atoms with E-state index in [0.717, 1.165) is 23.1 Å². The lowest BCUT2D eigenvalue weighted by Crippen LogP contribution is -2.49. The molecule has 1 aromatic carbocycles. The van der Waals surface area contributed by atoms with Gasteiger partial charge in [0, 0.05) is 43.5 Å². The molecule has 2 aliphatic heterocycles. The van der Waals surface area contributed by atoms with Crippen molar-refractivity contribution in [3.05, 3.63) is 28.8 Å². The number of fused-ring (bicyclic) bond motifs is 3. The SMILES string of the molecule is Cc1ccc2c(c1O)C[C@@H](C1CCN(S(=O)(=O)C[C@@]34CCC(CC3=O)C4(C)C)CC1)O[C@H]2CN.Cl. The average Bonchev–Trinajstić information content (AvgIpc) is 3.15. The zero-order valence-corrected chi connectivity index (χ0v) is 22.6. The van der Waals surface area contributed by atoms with Crippen LogP contribution in [0.5, 0.6) is 5.75 Å². The molecule has 2 bridgehead atoms. The summed E-state index contributed by atoms with van der Waals surface area (Å²) < 4.78 is 34.9. The Hall–Kier alpha value is -1.19. The number of phenolic OH excluding ortho intramolecular Hbond substituents is 1. The predicted molar refractivity (Wildman–Crippen MR) is 137 cm³/mol. The van der Waals surface area contributed by atoms with E-state index in [9.17, 15) is 18.3 Å². The Morgan fingerprint density at radius 1 is 1.17 bits per heavy atom. The van der Waals surface area contributed by atoms with Gasteiger partial charge in [-0.05, 0) is 61.0 Å². The molecule has 1 saturated heterocycles. The predicted octanol–water partition coefficient (Wildman–Crippen LogP) is 3.50. The second kappa shape index (κ2) is 9.28. The van der Waals surface area contributed by atoms with E-state index in [-0.39, 0.29) is 47.5 Å². The highest BCUT2D eigenvalue weighted by molar-refractivity contribution is 7.89. The number of piperidine rings is 1. The maximum Gasteiger partial charge on any atom is 0.215 e. The van der Waals surface area contributed by atoms with Crippen LogP contribution >= 0.6 is 12.4 Å². The minimum atomic E-state index is -3.53. The summed E-state index contributed by atoms with van der Waals surface area (Å²) in [6.45, 7) is 7.29. The Morgan fingerprint density at radius 2 is 1.86 bits per heavy atom. The lowest BCUT2D eigenvalue weighted by molar-refractivity contribution is -0.128. The standard InChI is InChI=1S/C26H38N2O5S.ClH/c1-16-4-5-19-20(24(16)30)13-21(33-22(19)14-27)17-7-10-28(11-8-17)34(31,32)15-26-9-6-18(12-23(26)29)25(26,2)3;/h4-5,17-18,21-22,30H,6-15,27H2,1-3H3;1H/t18?,21-,22-,26-;/m0./s1. The first kappa shape index (κ1) is 26.9. The molecular weight excluding hydrogens is 488 g/mol. The van der Waals surface area contributed by atoms with Crippen molar-refractivity contribution < 1.29 is 23.1 Å². The third-order valence-electron chi connectivity index (χ3n) is 9.81. The summed E-state index contributed by atoms with van der Waals surface area (Å²) in [5, 5.41) is 10.7. The van der Waals surface area contributed by atoms with E-state index in [1.807, 2.05) is 19.1 Å². The van der Waals surface area contributed by atoms with Gasteiger partial charge < -0.3 is 15.6 Å². The van der Waals surface area contributed by atoms with E-state index in [4.69, 9.17) is 10.5 Å². The summed E-state index contributed by atoms with van der Waals surface area (Å²) in [5.41, 5.74) is 7.73. The van der Waals surface area contributed by atoms with E-state index < -0.39 is 15.4 Å². The van der Waals surface area contributed by atoms with Gasteiger partial charge in [0.15, 0.2) is 0 Å². The number of rotatable bonds is 5. The highest BCUT2D eigenvalue weighted by atomic mass is 35.5. The number of sulfonamides is 1. The van der Waals surface area contributed by atoms with E-state index in [1.165, 1.54) is 0 Å². The van der Waals surface area contributed by atoms with Gasteiger partial charge in [-0.3, -0.25) is 4.79 Å². The first-order chi connectivity index (χ1) is 16.0. The monoisotopic (exact) mass is 526 g/mol. The largest absolute Gasteiger partial charge is 0.507 e. The molecule has 35 heavy (non-hydrogen) atoms. The van der Waals surface area contributed by atoms with E-state index in [0.29, 0.717) is 63.4 Å². The molecule has 4 atom stereocenters. The van der Waals surface area contributed by atoms with Gasteiger partial charge in [0.05, 0.1) is 18.0 Å². The van der Waals surface area contributed by atoms with Crippen LogP contribution in [-0.4, -0.2) is 55.1 Å². The number of nitrogens with two attached hydrogens (primary N) is 1. The second-order valence-electron chi connectivity index (χ2n) is 11.6. The topological polar surface area (TPSA) is 110 Å². The molecular formula is C26H39ClN2O5S. The molecule has 7 nitrogen and oxygen atoms in total. The molecule has 1 aromatic rings. The van der Waals surface area contributed by atoms with E-state index in [1.54, 1.807) is 4.31 Å². The zero-order valence-electron chi connectivity index (χ0n) is 21.0. The summed E-state index contributed by atoms with van der Waals surface area (Å²) in [5.74, 6) is 0.921. The molecule has 5 rings (SSSR count). The summed E-state index contributed by atoms with van der Waals surface area (Å²) in [6, 6.07) is 3.89. The van der Waals surface area contributed by atoms with Crippen molar-refractivity contribution in [3.8, 4) is 5.75 Å². The van der Waals surface area contributed by atoms with Crippen molar-refractivity contribution >= 4 is 28.2 Å². The number of ether oxygens (including phenoxy) is 1. The number of aryl methyl sites for hydroxylation is 1. The summed E-state index contributed by atoms with van der Waals surface area (Å²) in [4.78, 5) is 12.9. The fourth-order valence-electron chi connectivity index (χ4n) is 7.32. The Labute approximate surface area is 215 Å². The third-order valence-corrected chi connectivity index (χ3v) is 11.8. The van der Waals surface area contributed by atoms with Crippen LogP contribution in [0.4, 0.5) is 0 Å². The molecule has 2 heterocycles. The first-order valence-corrected chi connectivity index (χ1v) is 14.3. The van der Waals surface area contributed by atoms with E-state index in [2.05, 4.69) is 13.8 Å². The number of carbonyl (C=O) groups excluding carboxylic acids is 1. The van der Waals surface area contributed by atoms with Crippen LogP contribution < -0.4 is 5.73 Å². The normalized spacial score (nSPS) is 32.9. The molecule has 0 aromatic heterocycles. The van der Waals surface area contributed by atoms with Gasteiger partial charge >= 0.3 is 0 Å². The van der Waals surface area contributed by atoms with Crippen LogP contribution in [0.3, 0.4) is 0 Å². The quantitative estimate of drug-likeness (QED) is 0.607. The molecule has 3 fully saturated rings. The number of hydrogen-bond acceptors (Lipinski definition) is 6. The Bertz CT molecular complexity index is 1100. The maximum absolute atomic E-state index is 13.5. The summed E-state index contributed by atoms with van der Waals surface area (Å²) >= 11 is 0. The number of nitrogens with zero attached hydrogens (tertiary/aromatic N) is 1. The van der Waals surface area contributed by atoms with Gasteiger partial charge in [0.1, 0.15) is 11.5 Å². The number of Topliss-reactive ketones (excluding diaryl/α,β-unsaturated/α-hetero) is 1. The van der Waals surface area contributed by atoms with Crippen molar-refractivity contribution in [2.45, 2.75) is 71.5 Å². The molecule has 4 aliphatic rings. The lowest BCUT2D eigenvalue weighted by Gasteiger charge is -2.41. The Balaban J connectivity index is 0.00000289. The van der Waals surface area contributed by atoms with Crippen molar-refractivity contribution in [3.63, 3.8) is 0 Å². The molecule has 196 valence electrons. The molecule has 9 heteroatoms. The highest BCUT2D eigenvalue weighted by Crippen LogP contribution is 2.64. The third kappa shape index (κ3) is 4.13. The highest BCUT2D eigenvalue weighted by Gasteiger charge is 2.65. The smallest absolute Gasteiger partial charge is 0.215 e. The molecule has 0 radical (unpaired) electrons. The van der Waals surface area contributed by atoms with Crippen LogP contribution in [0.2, 0.25) is 0 Å².